The first-order valence-electron chi connectivity index (χ1n) is 5.35. The average molecular weight is 292 g/mol. The maximum absolute atomic E-state index is 11.4. The number of piperazine rings is 1. The Labute approximate surface area is 111 Å². The van der Waals surface area contributed by atoms with Crippen LogP contribution in [0.5, 0.6) is 0 Å². The molecule has 1 aromatic rings. The molecule has 2 N–H and O–H groups in total. The standard InChI is InChI=1S/C9H14ClN5O2S/c1-18(16,17)15-4-2-14(3-5-15)9-7(10)8(11)12-6-13-9/h6H,2-5H2,1H3,(H2,11,12,13). The van der Waals surface area contributed by atoms with Gasteiger partial charge in [0.2, 0.25) is 10.0 Å². The lowest BCUT2D eigenvalue weighted by Gasteiger charge is -2.34. The molecule has 7 nitrogen and oxygen atoms in total. The number of sulfonamides is 1. The van der Waals surface area contributed by atoms with Crippen molar-refractivity contribution in [2.45, 2.75) is 0 Å². The van der Waals surface area contributed by atoms with Gasteiger partial charge in [0.05, 0.1) is 6.26 Å². The topological polar surface area (TPSA) is 92.4 Å². The summed E-state index contributed by atoms with van der Waals surface area (Å²) >= 11 is 6.03. The molecule has 0 amide bonds. The molecule has 9 heteroatoms. The fourth-order valence-electron chi connectivity index (χ4n) is 1.83. The van der Waals surface area contributed by atoms with Crippen LogP contribution in [0.2, 0.25) is 5.02 Å². The van der Waals surface area contributed by atoms with E-state index in [9.17, 15) is 8.42 Å². The minimum Gasteiger partial charge on any atom is -0.382 e. The number of aromatic nitrogens is 2. The van der Waals surface area contributed by atoms with Crippen molar-refractivity contribution in [1.29, 1.82) is 0 Å². The molecule has 1 aliphatic rings. The third-order valence-electron chi connectivity index (χ3n) is 2.81. The molecule has 2 rings (SSSR count). The molecule has 0 spiro atoms. The maximum Gasteiger partial charge on any atom is 0.211 e. The number of nitrogens with two attached hydrogens (primary N) is 1. The molecule has 18 heavy (non-hydrogen) atoms. The van der Waals surface area contributed by atoms with Crippen molar-refractivity contribution in [2.75, 3.05) is 43.1 Å². The summed E-state index contributed by atoms with van der Waals surface area (Å²) in [5.74, 6) is 0.782. The van der Waals surface area contributed by atoms with Crippen LogP contribution in [0.15, 0.2) is 6.33 Å². The Morgan fingerprint density at radius 1 is 1.28 bits per heavy atom. The van der Waals surface area contributed by atoms with Crippen molar-refractivity contribution >= 4 is 33.3 Å². The molecule has 0 aliphatic carbocycles. The zero-order chi connectivity index (χ0) is 13.3. The van der Waals surface area contributed by atoms with Crippen LogP contribution in [0.3, 0.4) is 0 Å². The average Bonchev–Trinajstić information content (AvgIpc) is 2.32. The first-order chi connectivity index (χ1) is 8.39. The largest absolute Gasteiger partial charge is 0.382 e. The Hall–Kier alpha value is -1.12. The second-order valence-electron chi connectivity index (χ2n) is 4.05. The quantitative estimate of drug-likeness (QED) is 0.811. The molecular weight excluding hydrogens is 278 g/mol. The summed E-state index contributed by atoms with van der Waals surface area (Å²) in [7, 11) is -3.13. The van der Waals surface area contributed by atoms with Crippen LogP contribution in [-0.4, -0.2) is 55.1 Å². The fraction of sp³-hybridized carbons (Fsp3) is 0.556. The third kappa shape index (κ3) is 2.65. The van der Waals surface area contributed by atoms with E-state index in [1.165, 1.54) is 16.9 Å². The molecule has 1 aromatic heterocycles. The number of nitrogens with zero attached hydrogens (tertiary/aromatic N) is 4. The van der Waals surface area contributed by atoms with Crippen molar-refractivity contribution < 1.29 is 8.42 Å². The lowest BCUT2D eigenvalue weighted by Crippen LogP contribution is -2.48. The molecule has 100 valence electrons. The van der Waals surface area contributed by atoms with Gasteiger partial charge in [-0.25, -0.2) is 18.4 Å². The SMILES string of the molecule is CS(=O)(=O)N1CCN(c2ncnc(N)c2Cl)CC1. The number of hydrogen-bond acceptors (Lipinski definition) is 6. The maximum atomic E-state index is 11.4. The van der Waals surface area contributed by atoms with E-state index in [0.29, 0.717) is 37.0 Å². The highest BCUT2D eigenvalue weighted by Gasteiger charge is 2.25. The Balaban J connectivity index is 2.13. The second-order valence-corrected chi connectivity index (χ2v) is 6.41. The minimum absolute atomic E-state index is 0.229. The van der Waals surface area contributed by atoms with Gasteiger partial charge in [-0.1, -0.05) is 11.6 Å². The molecule has 1 fully saturated rings. The molecular formula is C9H14ClN5O2S. The van der Waals surface area contributed by atoms with E-state index in [1.807, 2.05) is 4.90 Å². The number of nitrogen functional groups attached to an aromatic ring is 1. The van der Waals surface area contributed by atoms with Crippen LogP contribution in [0.25, 0.3) is 0 Å². The summed E-state index contributed by atoms with van der Waals surface area (Å²) in [6.07, 6.45) is 2.55. The monoisotopic (exact) mass is 291 g/mol. The molecule has 0 atom stereocenters. The number of hydrogen-bond donors (Lipinski definition) is 1. The molecule has 0 bridgehead atoms. The number of rotatable bonds is 2. The van der Waals surface area contributed by atoms with E-state index < -0.39 is 10.0 Å². The number of halogens is 1. The first kappa shape index (κ1) is 13.3. The van der Waals surface area contributed by atoms with Gasteiger partial charge in [0.15, 0.2) is 5.82 Å². The highest BCUT2D eigenvalue weighted by Crippen LogP contribution is 2.27. The van der Waals surface area contributed by atoms with Crippen LogP contribution < -0.4 is 10.6 Å². The Bertz CT molecular complexity index is 542. The molecule has 1 saturated heterocycles. The van der Waals surface area contributed by atoms with Crippen molar-refractivity contribution in [3.8, 4) is 0 Å². The van der Waals surface area contributed by atoms with E-state index >= 15 is 0 Å². The highest BCUT2D eigenvalue weighted by atomic mass is 35.5. The van der Waals surface area contributed by atoms with Gasteiger partial charge < -0.3 is 10.6 Å². The normalized spacial score (nSPS) is 18.0. The van der Waals surface area contributed by atoms with Crippen LogP contribution >= 0.6 is 11.6 Å². The van der Waals surface area contributed by atoms with E-state index in [2.05, 4.69) is 9.97 Å². The zero-order valence-electron chi connectivity index (χ0n) is 9.87. The minimum atomic E-state index is -3.13. The predicted octanol–water partition coefficient (Wildman–Crippen LogP) is -0.206. The highest BCUT2D eigenvalue weighted by molar-refractivity contribution is 7.88. The summed E-state index contributed by atoms with van der Waals surface area (Å²) in [6, 6.07) is 0. The van der Waals surface area contributed by atoms with Crippen molar-refractivity contribution in [3.63, 3.8) is 0 Å². The summed E-state index contributed by atoms with van der Waals surface area (Å²) in [5, 5.41) is 0.310. The third-order valence-corrected chi connectivity index (χ3v) is 4.47. The van der Waals surface area contributed by atoms with E-state index in [4.69, 9.17) is 17.3 Å². The van der Waals surface area contributed by atoms with Gasteiger partial charge in [-0.3, -0.25) is 0 Å². The van der Waals surface area contributed by atoms with Crippen LogP contribution in [-0.2, 0) is 10.0 Å². The van der Waals surface area contributed by atoms with E-state index in [1.54, 1.807) is 0 Å². The summed E-state index contributed by atoms with van der Waals surface area (Å²) < 4.78 is 24.2. The number of anilines is 2. The Morgan fingerprint density at radius 3 is 2.44 bits per heavy atom. The van der Waals surface area contributed by atoms with Crippen molar-refractivity contribution in [3.05, 3.63) is 11.3 Å². The lowest BCUT2D eigenvalue weighted by atomic mass is 10.3. The molecule has 0 saturated carbocycles. The van der Waals surface area contributed by atoms with Crippen LogP contribution in [0.1, 0.15) is 0 Å². The van der Waals surface area contributed by atoms with Crippen LogP contribution in [0.4, 0.5) is 11.6 Å². The molecule has 1 aliphatic heterocycles. The second kappa shape index (κ2) is 4.87. The van der Waals surface area contributed by atoms with Gasteiger partial charge in [0.1, 0.15) is 17.2 Å². The smallest absolute Gasteiger partial charge is 0.211 e. The Morgan fingerprint density at radius 2 is 1.89 bits per heavy atom. The van der Waals surface area contributed by atoms with Crippen molar-refractivity contribution in [1.82, 2.24) is 14.3 Å². The van der Waals surface area contributed by atoms with Gasteiger partial charge in [0, 0.05) is 26.2 Å². The first-order valence-corrected chi connectivity index (χ1v) is 7.58. The summed E-state index contributed by atoms with van der Waals surface area (Å²) in [5.41, 5.74) is 5.61. The van der Waals surface area contributed by atoms with Gasteiger partial charge in [0.25, 0.3) is 0 Å². The Kier molecular flexibility index (Phi) is 3.60. The summed E-state index contributed by atoms with van der Waals surface area (Å²) in [6.45, 7) is 1.89. The fourth-order valence-corrected chi connectivity index (χ4v) is 2.87. The molecule has 0 aromatic carbocycles. The van der Waals surface area contributed by atoms with Crippen molar-refractivity contribution in [2.24, 2.45) is 0 Å². The van der Waals surface area contributed by atoms with Gasteiger partial charge in [-0.15, -0.1) is 0 Å². The van der Waals surface area contributed by atoms with Gasteiger partial charge in [-0.2, -0.15) is 4.31 Å². The van der Waals surface area contributed by atoms with E-state index in [0.717, 1.165) is 0 Å². The molecule has 0 unspecified atom stereocenters. The molecule has 2 heterocycles. The molecule has 0 radical (unpaired) electrons. The van der Waals surface area contributed by atoms with Crippen LogP contribution in [0, 0.1) is 0 Å². The lowest BCUT2D eigenvalue weighted by molar-refractivity contribution is 0.387. The zero-order valence-corrected chi connectivity index (χ0v) is 11.4. The van der Waals surface area contributed by atoms with Gasteiger partial charge in [-0.05, 0) is 0 Å². The predicted molar refractivity (Wildman–Crippen MR) is 70.1 cm³/mol. The van der Waals surface area contributed by atoms with Gasteiger partial charge >= 0.3 is 0 Å². The van der Waals surface area contributed by atoms with E-state index in [-0.39, 0.29) is 5.82 Å². The summed E-state index contributed by atoms with van der Waals surface area (Å²) in [4.78, 5) is 9.78.